The minimum Gasteiger partial charge on any atom is -0.394 e. The van der Waals surface area contributed by atoms with E-state index in [1.807, 2.05) is 0 Å². The molecule has 0 aliphatic carbocycles. The highest BCUT2D eigenvalue weighted by atomic mass is 16.8. The Balaban J connectivity index is 1.56. The van der Waals surface area contributed by atoms with Crippen LogP contribution in [0, 0.1) is 0 Å². The first-order chi connectivity index (χ1) is 23.2. The van der Waals surface area contributed by atoms with Crippen LogP contribution in [-0.2, 0) is 42.7 Å². The van der Waals surface area contributed by atoms with Gasteiger partial charge in [-0.2, -0.15) is 0 Å². The molecule has 4 rings (SSSR count). The van der Waals surface area contributed by atoms with Gasteiger partial charge in [0.15, 0.2) is 25.2 Å². The standard InChI is InChI=1S/C27H47NO21/c1-7(33)28-12-15(36)21(47-26-18(39)16(37)13(34)8(3-29)43-26)10(5-31)45-24(12)49-23-14(35)9(4-30)44-27(20(23)41)48-22-11(6-32)46-25(42-2)19(40)17(22)38/h8-27,29-32,34-41H,3-6H2,1-2H3,(H,28,33)/t8-,9-,10-,11-,12-,13+,14+,15-,16+,17-,18-,19-,20-,21-,22-,23+,24+,25-,26+,27+/m1/s1. The summed E-state index contributed by atoms with van der Waals surface area (Å²) in [5.74, 6) is -0.743. The van der Waals surface area contributed by atoms with Gasteiger partial charge in [-0.15, -0.1) is 0 Å². The van der Waals surface area contributed by atoms with Gasteiger partial charge in [-0.25, -0.2) is 0 Å². The third-order valence-electron chi connectivity index (χ3n) is 8.82. The highest BCUT2D eigenvalue weighted by molar-refractivity contribution is 5.73. The zero-order chi connectivity index (χ0) is 36.3. The molecule has 0 unspecified atom stereocenters. The fourth-order valence-electron chi connectivity index (χ4n) is 6.13. The SMILES string of the molecule is CO[C@@H]1O[C@H](CO)[C@@H](O[C@@H]2O[C@H](CO)[C@H](O)[C@H](O[C@@H]3O[C@H](CO)[C@@H](O[C@@H]4O[C@H](CO)[C@H](O)[C@H](O)[C@H]4O)[C@H](O)[C@H]3NC(C)=O)[C@H]2O)[C@H](O)[C@H]1O. The van der Waals surface area contributed by atoms with Crippen LogP contribution in [0.1, 0.15) is 6.92 Å². The Labute approximate surface area is 278 Å². The molecule has 0 radical (unpaired) electrons. The largest absolute Gasteiger partial charge is 0.394 e. The van der Waals surface area contributed by atoms with E-state index in [4.69, 9.17) is 37.9 Å². The zero-order valence-corrected chi connectivity index (χ0v) is 26.4. The van der Waals surface area contributed by atoms with Gasteiger partial charge in [0.25, 0.3) is 0 Å². The summed E-state index contributed by atoms with van der Waals surface area (Å²) in [6, 6.07) is -1.60. The molecule has 4 aliphatic heterocycles. The maximum absolute atomic E-state index is 12.2. The van der Waals surface area contributed by atoms with E-state index in [0.29, 0.717) is 0 Å². The molecule has 286 valence electrons. The van der Waals surface area contributed by atoms with Crippen molar-refractivity contribution in [3.63, 3.8) is 0 Å². The number of hydrogen-bond acceptors (Lipinski definition) is 21. The van der Waals surface area contributed by atoms with Crippen LogP contribution >= 0.6 is 0 Å². The normalized spacial score (nSPS) is 49.4. The Hall–Kier alpha value is -1.33. The van der Waals surface area contributed by atoms with Crippen LogP contribution in [0.15, 0.2) is 0 Å². The highest BCUT2D eigenvalue weighted by Crippen LogP contribution is 2.34. The molecule has 20 atom stereocenters. The second kappa shape index (κ2) is 17.5. The van der Waals surface area contributed by atoms with E-state index in [9.17, 15) is 66.1 Å². The molecule has 0 spiro atoms. The Morgan fingerprint density at radius 1 is 0.510 bits per heavy atom. The van der Waals surface area contributed by atoms with Crippen molar-refractivity contribution in [2.24, 2.45) is 0 Å². The smallest absolute Gasteiger partial charge is 0.217 e. The molecule has 0 saturated carbocycles. The summed E-state index contributed by atoms with van der Waals surface area (Å²) in [6.45, 7) is -2.24. The zero-order valence-electron chi connectivity index (χ0n) is 26.4. The van der Waals surface area contributed by atoms with E-state index >= 15 is 0 Å². The summed E-state index contributed by atoms with van der Waals surface area (Å²) in [7, 11) is 1.18. The topological polar surface area (TPSA) is 346 Å². The molecule has 0 bridgehead atoms. The van der Waals surface area contributed by atoms with Gasteiger partial charge in [0.1, 0.15) is 97.6 Å². The van der Waals surface area contributed by atoms with Crippen molar-refractivity contribution in [3.05, 3.63) is 0 Å². The molecule has 49 heavy (non-hydrogen) atoms. The minimum atomic E-state index is -1.99. The van der Waals surface area contributed by atoms with Gasteiger partial charge in [-0.1, -0.05) is 0 Å². The van der Waals surface area contributed by atoms with Crippen LogP contribution in [0.4, 0.5) is 0 Å². The van der Waals surface area contributed by atoms with E-state index < -0.39 is 155 Å². The molecule has 4 saturated heterocycles. The van der Waals surface area contributed by atoms with Crippen molar-refractivity contribution in [3.8, 4) is 0 Å². The second-order valence-corrected chi connectivity index (χ2v) is 12.1. The third-order valence-corrected chi connectivity index (χ3v) is 8.82. The number of carbonyl (C=O) groups is 1. The summed E-state index contributed by atoms with van der Waals surface area (Å²) < 4.78 is 44.1. The van der Waals surface area contributed by atoms with E-state index in [1.54, 1.807) is 0 Å². The Morgan fingerprint density at radius 3 is 1.45 bits per heavy atom. The molecule has 0 aromatic carbocycles. The van der Waals surface area contributed by atoms with Crippen molar-refractivity contribution in [2.45, 2.75) is 130 Å². The number of nitrogens with one attached hydrogen (secondary N) is 1. The molecule has 1 amide bonds. The van der Waals surface area contributed by atoms with Crippen molar-refractivity contribution < 1.29 is 104 Å². The first-order valence-electron chi connectivity index (χ1n) is 15.5. The quantitative estimate of drug-likeness (QED) is 0.0889. The van der Waals surface area contributed by atoms with Crippen molar-refractivity contribution >= 4 is 5.91 Å². The average molecular weight is 722 g/mol. The summed E-state index contributed by atoms with van der Waals surface area (Å²) in [5.41, 5.74) is 0. The maximum Gasteiger partial charge on any atom is 0.217 e. The Kier molecular flexibility index (Phi) is 14.4. The van der Waals surface area contributed by atoms with Crippen LogP contribution in [-0.4, -0.2) is 223 Å². The molecule has 4 fully saturated rings. The maximum atomic E-state index is 12.2. The van der Waals surface area contributed by atoms with Crippen LogP contribution < -0.4 is 5.32 Å². The molecular formula is C27H47NO21. The molecule has 4 heterocycles. The number of ether oxygens (including phenoxy) is 8. The van der Waals surface area contributed by atoms with Crippen molar-refractivity contribution in [1.29, 1.82) is 0 Å². The van der Waals surface area contributed by atoms with Gasteiger partial charge < -0.3 is 104 Å². The number of carbonyl (C=O) groups excluding carboxylic acids is 1. The fourth-order valence-corrected chi connectivity index (χ4v) is 6.13. The van der Waals surface area contributed by atoms with Gasteiger partial charge in [-0.05, 0) is 0 Å². The summed E-state index contributed by atoms with van der Waals surface area (Å²) in [6.07, 6.45) is -32.1. The van der Waals surface area contributed by atoms with Crippen LogP contribution in [0.25, 0.3) is 0 Å². The monoisotopic (exact) mass is 721 g/mol. The first kappa shape index (κ1) is 40.4. The predicted molar refractivity (Wildman–Crippen MR) is 150 cm³/mol. The lowest BCUT2D eigenvalue weighted by Gasteiger charge is -2.50. The molecule has 0 aromatic heterocycles. The Bertz CT molecular complexity index is 1040. The van der Waals surface area contributed by atoms with E-state index in [2.05, 4.69) is 5.32 Å². The van der Waals surface area contributed by atoms with E-state index in [0.717, 1.165) is 6.92 Å². The molecule has 4 aliphatic rings. The van der Waals surface area contributed by atoms with Crippen molar-refractivity contribution in [2.75, 3.05) is 33.5 Å². The van der Waals surface area contributed by atoms with Crippen molar-refractivity contribution in [1.82, 2.24) is 5.32 Å². The van der Waals surface area contributed by atoms with E-state index in [-0.39, 0.29) is 0 Å². The summed E-state index contributed by atoms with van der Waals surface area (Å²) in [4.78, 5) is 12.2. The molecule has 22 nitrogen and oxygen atoms in total. The number of methoxy groups -OCH3 is 1. The molecule has 13 N–H and O–H groups in total. The predicted octanol–water partition coefficient (Wildman–Crippen LogP) is -8.95. The van der Waals surface area contributed by atoms with Gasteiger partial charge >= 0.3 is 0 Å². The third kappa shape index (κ3) is 8.50. The Morgan fingerprint density at radius 2 is 0.939 bits per heavy atom. The second-order valence-electron chi connectivity index (χ2n) is 12.1. The number of amides is 1. The lowest BCUT2D eigenvalue weighted by atomic mass is 9.94. The highest BCUT2D eigenvalue weighted by Gasteiger charge is 2.55. The van der Waals surface area contributed by atoms with Gasteiger partial charge in [0, 0.05) is 14.0 Å². The van der Waals surface area contributed by atoms with Gasteiger partial charge in [0.05, 0.1) is 26.4 Å². The van der Waals surface area contributed by atoms with Crippen LogP contribution in [0.5, 0.6) is 0 Å². The summed E-state index contributed by atoms with van der Waals surface area (Å²) in [5, 5.41) is 127. The minimum absolute atomic E-state index is 0.743. The lowest BCUT2D eigenvalue weighted by Crippen LogP contribution is -2.69. The number of aliphatic hydroxyl groups excluding tert-OH is 12. The van der Waals surface area contributed by atoms with E-state index in [1.165, 1.54) is 7.11 Å². The lowest BCUT2D eigenvalue weighted by molar-refractivity contribution is -0.380. The van der Waals surface area contributed by atoms with Gasteiger partial charge in [0.2, 0.25) is 5.91 Å². The number of hydrogen-bond donors (Lipinski definition) is 13. The molecule has 22 heteroatoms. The number of rotatable bonds is 12. The molecular weight excluding hydrogens is 674 g/mol. The summed E-state index contributed by atoms with van der Waals surface area (Å²) >= 11 is 0. The van der Waals surface area contributed by atoms with Crippen LogP contribution in [0.2, 0.25) is 0 Å². The first-order valence-corrected chi connectivity index (χ1v) is 15.5. The number of aliphatic hydroxyl groups is 12. The van der Waals surface area contributed by atoms with Crippen LogP contribution in [0.3, 0.4) is 0 Å². The molecule has 0 aromatic rings. The average Bonchev–Trinajstić information content (AvgIpc) is 3.08. The van der Waals surface area contributed by atoms with Gasteiger partial charge in [-0.3, -0.25) is 4.79 Å². The fraction of sp³-hybridized carbons (Fsp3) is 0.963.